The molecule has 1 aromatic heterocycles. The van der Waals surface area contributed by atoms with E-state index in [9.17, 15) is 0 Å². The zero-order chi connectivity index (χ0) is 10.8. The van der Waals surface area contributed by atoms with Gasteiger partial charge in [-0.05, 0) is 24.2 Å². The van der Waals surface area contributed by atoms with Crippen LogP contribution >= 0.6 is 0 Å². The fraction of sp³-hybridized carbons (Fsp3) is 0.600. The van der Waals surface area contributed by atoms with Gasteiger partial charge in [-0.25, -0.2) is 9.97 Å². The van der Waals surface area contributed by atoms with Crippen molar-refractivity contribution < 1.29 is 4.43 Å². The Morgan fingerprint density at radius 1 is 1.14 bits per heavy atom. The molecule has 78 valence electrons. The Morgan fingerprint density at radius 2 is 1.64 bits per heavy atom. The van der Waals surface area contributed by atoms with Gasteiger partial charge in [-0.15, -0.1) is 0 Å². The molecule has 0 radical (unpaired) electrons. The van der Waals surface area contributed by atoms with Crippen LogP contribution in [0.25, 0.3) is 0 Å². The van der Waals surface area contributed by atoms with Crippen LogP contribution in [0.1, 0.15) is 20.8 Å². The molecule has 0 unspecified atom stereocenters. The molecule has 0 spiro atoms. The van der Waals surface area contributed by atoms with Gasteiger partial charge in [0.15, 0.2) is 0 Å². The SMILES string of the molecule is CC(C)(C)[Si](C)(C)Oc1ncccn1. The highest BCUT2D eigenvalue weighted by atomic mass is 28.4. The van der Waals surface area contributed by atoms with Gasteiger partial charge in [-0.1, -0.05) is 20.8 Å². The Balaban J connectivity index is 2.79. The number of rotatable bonds is 2. The summed E-state index contributed by atoms with van der Waals surface area (Å²) in [5, 5.41) is 0.187. The quantitative estimate of drug-likeness (QED) is 0.704. The number of nitrogens with zero attached hydrogens (tertiary/aromatic N) is 2. The van der Waals surface area contributed by atoms with Gasteiger partial charge in [0.1, 0.15) is 0 Å². The van der Waals surface area contributed by atoms with Crippen LogP contribution in [0.4, 0.5) is 0 Å². The first-order valence-corrected chi connectivity index (χ1v) is 7.70. The first-order valence-electron chi connectivity index (χ1n) is 4.79. The summed E-state index contributed by atoms with van der Waals surface area (Å²) in [6.45, 7) is 11.0. The van der Waals surface area contributed by atoms with Crippen LogP contribution in [0.2, 0.25) is 18.1 Å². The fourth-order valence-corrected chi connectivity index (χ4v) is 1.59. The monoisotopic (exact) mass is 210 g/mol. The standard InChI is InChI=1S/C10H18N2OSi/c1-10(2,3)14(4,5)13-9-11-7-6-8-12-9/h6-8H,1-5H3. The van der Waals surface area contributed by atoms with E-state index in [0.717, 1.165) is 0 Å². The van der Waals surface area contributed by atoms with E-state index in [1.165, 1.54) is 0 Å². The lowest BCUT2D eigenvalue weighted by Crippen LogP contribution is -2.44. The molecule has 0 amide bonds. The van der Waals surface area contributed by atoms with Gasteiger partial charge in [0.25, 0.3) is 8.32 Å². The maximum absolute atomic E-state index is 5.88. The Bertz CT molecular complexity index is 293. The van der Waals surface area contributed by atoms with Gasteiger partial charge in [0.2, 0.25) is 0 Å². The number of hydrogen-bond acceptors (Lipinski definition) is 3. The predicted molar refractivity (Wildman–Crippen MR) is 59.9 cm³/mol. The highest BCUT2D eigenvalue weighted by Crippen LogP contribution is 2.36. The molecule has 0 saturated carbocycles. The minimum Gasteiger partial charge on any atom is -0.517 e. The van der Waals surface area contributed by atoms with Gasteiger partial charge in [0, 0.05) is 12.4 Å². The number of hydrogen-bond donors (Lipinski definition) is 0. The van der Waals surface area contributed by atoms with Gasteiger partial charge in [-0.3, -0.25) is 0 Å². The third-order valence-electron chi connectivity index (χ3n) is 2.69. The molecule has 0 aliphatic carbocycles. The van der Waals surface area contributed by atoms with Crippen molar-refractivity contribution in [3.8, 4) is 6.01 Å². The Hall–Kier alpha value is -0.903. The molecule has 0 fully saturated rings. The van der Waals surface area contributed by atoms with Crippen LogP contribution in [0, 0.1) is 0 Å². The normalized spacial score (nSPS) is 12.6. The second-order valence-corrected chi connectivity index (χ2v) is 9.62. The van der Waals surface area contributed by atoms with Crippen molar-refractivity contribution in [2.24, 2.45) is 0 Å². The smallest absolute Gasteiger partial charge is 0.302 e. The summed E-state index contributed by atoms with van der Waals surface area (Å²) in [5.41, 5.74) is 0. The molecule has 0 bridgehead atoms. The Kier molecular flexibility index (Phi) is 2.94. The minimum atomic E-state index is -1.77. The molecule has 0 N–H and O–H groups in total. The maximum Gasteiger partial charge on any atom is 0.302 e. The van der Waals surface area contributed by atoms with E-state index in [4.69, 9.17) is 4.43 Å². The molecule has 4 heteroatoms. The third-order valence-corrected chi connectivity index (χ3v) is 7.00. The maximum atomic E-state index is 5.88. The fourth-order valence-electron chi connectivity index (χ4n) is 0.719. The lowest BCUT2D eigenvalue weighted by molar-refractivity contribution is 0.459. The number of aromatic nitrogens is 2. The van der Waals surface area contributed by atoms with Crippen LogP contribution in [0.15, 0.2) is 18.5 Å². The average Bonchev–Trinajstić information content (AvgIpc) is 2.03. The molecule has 3 nitrogen and oxygen atoms in total. The molecule has 1 aromatic rings. The van der Waals surface area contributed by atoms with Crippen LogP contribution in [0.5, 0.6) is 6.01 Å². The van der Waals surface area contributed by atoms with Crippen molar-refractivity contribution >= 4 is 8.32 Å². The van der Waals surface area contributed by atoms with Crippen LogP contribution in [0.3, 0.4) is 0 Å². The summed E-state index contributed by atoms with van der Waals surface area (Å²) >= 11 is 0. The van der Waals surface area contributed by atoms with E-state index in [1.807, 2.05) is 0 Å². The summed E-state index contributed by atoms with van der Waals surface area (Å²) in [5.74, 6) is 0. The van der Waals surface area contributed by atoms with Crippen molar-refractivity contribution in [3.05, 3.63) is 18.5 Å². The first kappa shape index (κ1) is 11.2. The van der Waals surface area contributed by atoms with Crippen molar-refractivity contribution in [1.29, 1.82) is 0 Å². The second kappa shape index (κ2) is 3.69. The molecule has 14 heavy (non-hydrogen) atoms. The zero-order valence-corrected chi connectivity index (χ0v) is 10.5. The van der Waals surface area contributed by atoms with Gasteiger partial charge < -0.3 is 4.43 Å². The lowest BCUT2D eigenvalue weighted by Gasteiger charge is -2.35. The van der Waals surface area contributed by atoms with E-state index in [-0.39, 0.29) is 5.04 Å². The molecule has 1 heterocycles. The van der Waals surface area contributed by atoms with Crippen molar-refractivity contribution in [3.63, 3.8) is 0 Å². The minimum absolute atomic E-state index is 0.187. The van der Waals surface area contributed by atoms with Crippen molar-refractivity contribution in [1.82, 2.24) is 9.97 Å². The molecule has 0 aliphatic heterocycles. The zero-order valence-electron chi connectivity index (χ0n) is 9.53. The highest BCUT2D eigenvalue weighted by Gasteiger charge is 2.39. The summed E-state index contributed by atoms with van der Waals surface area (Å²) in [6, 6.07) is 2.29. The summed E-state index contributed by atoms with van der Waals surface area (Å²) in [7, 11) is -1.77. The van der Waals surface area contributed by atoms with Gasteiger partial charge in [-0.2, -0.15) is 0 Å². The summed E-state index contributed by atoms with van der Waals surface area (Å²) in [6.07, 6.45) is 3.41. The van der Waals surface area contributed by atoms with Crippen molar-refractivity contribution in [2.75, 3.05) is 0 Å². The summed E-state index contributed by atoms with van der Waals surface area (Å²) < 4.78 is 5.88. The van der Waals surface area contributed by atoms with E-state index in [1.54, 1.807) is 18.5 Å². The molecular formula is C10H18N2OSi. The first-order chi connectivity index (χ1) is 6.33. The third kappa shape index (κ3) is 2.54. The molecular weight excluding hydrogens is 192 g/mol. The second-order valence-electron chi connectivity index (χ2n) is 4.89. The van der Waals surface area contributed by atoms with Gasteiger partial charge in [0.05, 0.1) is 0 Å². The Morgan fingerprint density at radius 3 is 2.07 bits per heavy atom. The summed E-state index contributed by atoms with van der Waals surface area (Å²) in [4.78, 5) is 8.16. The van der Waals surface area contributed by atoms with E-state index >= 15 is 0 Å². The molecule has 0 saturated heterocycles. The van der Waals surface area contributed by atoms with E-state index in [2.05, 4.69) is 43.8 Å². The van der Waals surface area contributed by atoms with Gasteiger partial charge >= 0.3 is 6.01 Å². The highest BCUT2D eigenvalue weighted by molar-refractivity contribution is 6.74. The average molecular weight is 210 g/mol. The lowest BCUT2D eigenvalue weighted by atomic mass is 10.2. The molecule has 0 aliphatic rings. The van der Waals surface area contributed by atoms with Crippen LogP contribution in [-0.4, -0.2) is 18.3 Å². The van der Waals surface area contributed by atoms with E-state index < -0.39 is 8.32 Å². The predicted octanol–water partition coefficient (Wildman–Crippen LogP) is 2.86. The molecule has 0 aromatic carbocycles. The largest absolute Gasteiger partial charge is 0.517 e. The Labute approximate surface area is 86.7 Å². The van der Waals surface area contributed by atoms with Crippen LogP contribution < -0.4 is 4.43 Å². The molecule has 1 rings (SSSR count). The van der Waals surface area contributed by atoms with Crippen LogP contribution in [-0.2, 0) is 0 Å². The van der Waals surface area contributed by atoms with E-state index in [0.29, 0.717) is 6.01 Å². The topological polar surface area (TPSA) is 35.0 Å². The van der Waals surface area contributed by atoms with Crippen molar-refractivity contribution in [2.45, 2.75) is 38.9 Å². The molecule has 0 atom stereocenters.